The molecule has 792 valence electrons. The van der Waals surface area contributed by atoms with Gasteiger partial charge in [0.1, 0.15) is 52.6 Å². The summed E-state index contributed by atoms with van der Waals surface area (Å²) in [5.41, 5.74) is 1.32. The Labute approximate surface area is 854 Å². The molecule has 4 spiro atoms. The lowest BCUT2D eigenvalue weighted by atomic mass is 9.56. The van der Waals surface area contributed by atoms with Gasteiger partial charge >= 0.3 is 23.9 Å². The number of aliphatic hydroxyl groups is 3. The minimum Gasteiger partial charge on any atom is -0.457 e. The number of ether oxygens (including phenoxy) is 12. The van der Waals surface area contributed by atoms with Crippen LogP contribution in [-0.2, 0) is 98.9 Å². The van der Waals surface area contributed by atoms with E-state index in [0.717, 1.165) is 27.9 Å². The summed E-state index contributed by atoms with van der Waals surface area (Å²) >= 11 is 0. The molecule has 7 fully saturated rings. The normalized spacial score (nSPS) is 45.1. The van der Waals surface area contributed by atoms with E-state index in [1.54, 1.807) is 14.0 Å². The number of methoxy groups -OCH3 is 4. The second kappa shape index (κ2) is 42.0. The Balaban J connectivity index is 0.000000160. The van der Waals surface area contributed by atoms with Gasteiger partial charge in [0.2, 0.25) is 0 Å². The smallest absolute Gasteiger partial charge is 0.335 e. The van der Waals surface area contributed by atoms with E-state index < -0.39 is 162 Å². The highest BCUT2D eigenvalue weighted by molar-refractivity contribution is 6.75. The fourth-order valence-electron chi connectivity index (χ4n) is 27.3. The van der Waals surface area contributed by atoms with Gasteiger partial charge in [-0.3, -0.25) is 9.59 Å². The van der Waals surface area contributed by atoms with Crippen molar-refractivity contribution in [2.24, 2.45) is 130 Å². The van der Waals surface area contributed by atoms with Crippen LogP contribution in [-0.4, -0.2) is 236 Å². The SMILES string of the molecule is CO[C@H]1C[C@H]2C=C[C@H]3[C@@H]4C=C(C)C(=O)[C@H]3[C@]2(O4)/C(C)=C/[C@@H](C)[C@@H]([C@@H](C)O[Si](C)(C)C(C)(C)C)OC1=O.CO[C@H]1C[C@H]2C=C[C@H]3[C@H]4O[C@]2(/C(C)=C/[C@@H](C)[C@@H]([C@@H](C)O)OC1=O)[C@@H]3[C@H](O)C(C)[C@H]4C#N.CO[C@H]1C[C@H]2C=C[C@H]3[C@H]4O[C@]2(/C(C)=C/[C@@H](C)[C@@H]([C@@H](C)O[Si](C)(C)C(C)(C)C)OC1=O)[C@@H]3C(=O)C(C)[C@H]4C#N.CO[C@H]1C[C@H]2C=C[C@H]3[C@H]4O[C@]2(/C(C)=C/[C@@H](C)[C@@H]([C@@H](C)O[Si](C)(C)C(C)(C)C)OC1=O)[C@@H]3[C@H](O)C(C)[C@H]4C#N. The largest absolute Gasteiger partial charge is 0.457 e. The van der Waals surface area contributed by atoms with Crippen LogP contribution in [0.5, 0.6) is 0 Å². The average molecular weight is 2040 g/mol. The topological polar surface area (TPSA) is 373 Å². The lowest BCUT2D eigenvalue weighted by Crippen LogP contribution is -2.56. The van der Waals surface area contributed by atoms with Crippen LogP contribution in [0.3, 0.4) is 0 Å². The van der Waals surface area contributed by atoms with Gasteiger partial charge in [-0.1, -0.05) is 184 Å². The predicted molar refractivity (Wildman–Crippen MR) is 547 cm³/mol. The molecule has 8 heterocycles. The van der Waals surface area contributed by atoms with Crippen molar-refractivity contribution in [3.05, 3.63) is 107 Å². The maximum absolute atomic E-state index is 13.8. The molecular weight excluding hydrogens is 1870 g/mol. The van der Waals surface area contributed by atoms with Gasteiger partial charge in [-0.05, 0) is 176 Å². The fourth-order valence-corrected chi connectivity index (χ4v) is 31.5. The molecule has 0 aromatic carbocycles. The third-order valence-corrected chi connectivity index (χ3v) is 51.8. The second-order valence-corrected chi connectivity index (χ2v) is 63.9. The van der Waals surface area contributed by atoms with Crippen molar-refractivity contribution < 1.29 is 114 Å². The summed E-state index contributed by atoms with van der Waals surface area (Å²) in [7, 11) is -0.304. The van der Waals surface area contributed by atoms with Gasteiger partial charge in [0.05, 0.1) is 109 Å². The van der Waals surface area contributed by atoms with Gasteiger partial charge in [-0.15, -0.1) is 0 Å². The zero-order chi connectivity index (χ0) is 106. The van der Waals surface area contributed by atoms with Crippen molar-refractivity contribution in [2.45, 2.75) is 385 Å². The minimum absolute atomic E-state index is 0.00442. The average Bonchev–Trinajstić information content (AvgIpc) is 1.55. The van der Waals surface area contributed by atoms with Gasteiger partial charge < -0.3 is 85.4 Å². The molecule has 16 rings (SSSR count). The third-order valence-electron chi connectivity index (χ3n) is 38.0. The zero-order valence-electron chi connectivity index (χ0n) is 91.7. The van der Waals surface area contributed by atoms with Gasteiger partial charge in [0.15, 0.2) is 55.2 Å². The van der Waals surface area contributed by atoms with Crippen molar-refractivity contribution in [1.82, 2.24) is 0 Å². The Bertz CT molecular complexity index is 5180. The van der Waals surface area contributed by atoms with Gasteiger partial charge in [0.25, 0.3) is 0 Å². The molecule has 3 N–H and O–H groups in total. The number of nitrogens with zero attached hydrogens (tertiary/aromatic N) is 3. The monoisotopic (exact) mass is 2040 g/mol. The van der Waals surface area contributed by atoms with Crippen LogP contribution in [0.2, 0.25) is 54.4 Å². The Morgan fingerprint density at radius 1 is 0.392 bits per heavy atom. The number of carbonyl (C=O) groups is 6. The van der Waals surface area contributed by atoms with E-state index in [2.05, 4.69) is 208 Å². The highest BCUT2D eigenvalue weighted by Crippen LogP contribution is 2.67. The summed E-state index contributed by atoms with van der Waals surface area (Å²) in [6.45, 7) is 64.4. The Morgan fingerprint density at radius 2 is 0.671 bits per heavy atom. The van der Waals surface area contributed by atoms with Crippen LogP contribution in [0.15, 0.2) is 107 Å². The molecule has 16 bridgehead atoms. The maximum atomic E-state index is 13.8. The van der Waals surface area contributed by atoms with Crippen LogP contribution in [0, 0.1) is 164 Å². The van der Waals surface area contributed by atoms with Crippen LogP contribution in [0.25, 0.3) is 0 Å². The Morgan fingerprint density at radius 3 is 0.986 bits per heavy atom. The molecule has 30 heteroatoms. The molecule has 27 nitrogen and oxygen atoms in total. The number of esters is 4. The molecule has 44 atom stereocenters. The zero-order valence-corrected chi connectivity index (χ0v) is 94.7. The molecule has 8 aliphatic carbocycles. The first-order valence-corrected chi connectivity index (χ1v) is 61.4. The number of ketones is 2. The van der Waals surface area contributed by atoms with Gasteiger partial charge in [-0.2, -0.15) is 15.8 Å². The van der Waals surface area contributed by atoms with Crippen LogP contribution in [0.4, 0.5) is 0 Å². The van der Waals surface area contributed by atoms with E-state index in [9.17, 15) is 59.9 Å². The molecular formula is C113H169N3O24Si3. The number of cyclic esters (lactones) is 4. The summed E-state index contributed by atoms with van der Waals surface area (Å²) in [6.07, 6.45) is 18.7. The molecule has 0 aromatic rings. The molecule has 4 saturated heterocycles. The van der Waals surface area contributed by atoms with E-state index in [1.165, 1.54) is 21.3 Å². The van der Waals surface area contributed by atoms with E-state index >= 15 is 0 Å². The quantitative estimate of drug-likeness (QED) is 0.0629. The fraction of sp³-hybridized carbons (Fsp3) is 0.761. The Kier molecular flexibility index (Phi) is 33.4. The number of hydrogen-bond donors (Lipinski definition) is 3. The number of aliphatic hydroxyl groups excluding tert-OH is 3. The maximum Gasteiger partial charge on any atom is 0.335 e. The van der Waals surface area contributed by atoms with Crippen molar-refractivity contribution in [3.8, 4) is 18.2 Å². The van der Waals surface area contributed by atoms with E-state index in [1.807, 2.05) is 94.4 Å². The first-order valence-electron chi connectivity index (χ1n) is 52.7. The summed E-state index contributed by atoms with van der Waals surface area (Å²) in [6, 6.07) is 7.16. The van der Waals surface area contributed by atoms with Crippen molar-refractivity contribution >= 4 is 60.4 Å². The first-order chi connectivity index (χ1) is 66.5. The van der Waals surface area contributed by atoms with Crippen LogP contribution in [0.1, 0.15) is 199 Å². The molecule has 0 amide bonds. The second-order valence-electron chi connectivity index (χ2n) is 49.6. The van der Waals surface area contributed by atoms with Crippen LogP contribution >= 0.6 is 0 Å². The number of allylic oxidation sites excluding steroid dienone is 1. The minimum atomic E-state index is -2.14. The van der Waals surface area contributed by atoms with Gasteiger partial charge in [0, 0.05) is 129 Å². The number of nitriles is 3. The first kappa shape index (κ1) is 114. The highest BCUT2D eigenvalue weighted by atomic mass is 28.4. The van der Waals surface area contributed by atoms with E-state index in [-0.39, 0.29) is 176 Å². The Hall–Kier alpha value is -6.56. The van der Waals surface area contributed by atoms with E-state index in [4.69, 9.17) is 70.1 Å². The number of rotatable bonds is 14. The van der Waals surface area contributed by atoms with Gasteiger partial charge in [-0.25, -0.2) is 19.2 Å². The summed E-state index contributed by atoms with van der Waals surface area (Å²) in [5.74, 6) is -6.61. The summed E-state index contributed by atoms with van der Waals surface area (Å²) in [4.78, 5) is 80.7. The molecule has 8 aliphatic heterocycles. The predicted octanol–water partition coefficient (Wildman–Crippen LogP) is 17.6. The molecule has 3 unspecified atom stereocenters. The van der Waals surface area contributed by atoms with Crippen LogP contribution < -0.4 is 0 Å². The molecule has 143 heavy (non-hydrogen) atoms. The lowest BCUT2D eigenvalue weighted by molar-refractivity contribution is -0.172. The van der Waals surface area contributed by atoms with Crippen molar-refractivity contribution in [3.63, 3.8) is 0 Å². The highest BCUT2D eigenvalue weighted by Gasteiger charge is 2.73. The standard InChI is InChI=1S/C30H47NO6Si.C30H45NO6Si.C29H44O6Si.C24H33NO6/c2*1-16-13-17(2)30-20(11-12-21-24(30)25(32)18(3)22(15-31)27(21)36-30)14-23(34-8)28(33)35-26(16)19(4)37-38(9,10)29(5,6)7;1-16-14-22-21-12-11-20-15-23(32-8)27(31)33-26(19(4)35-36(9,10)28(5,6)7)17(2)13-18(3)29(20,34-22)24(21)25(16)30;1-11-8-12(2)24-15(9-18(29-5)23(28)30-21(11)14(4)26)6-7-16-19(24)20(27)13(3)17(10-25)22(16)31-24/h11-13,16,18-27,32H,14H2,1-10H3;11-13,16,18-24,26-27H,14H2,1-10H3;11-14,17,19-24,26H,15H2,1-10H3;6-8,11,13-22,26-27H,9H2,1-5H3/b2*17-13+;18-13+;12-8+/t16-,18?,19-,20-,21-,22-,23+,24+,25-,26+,27-,30+;16-,18?,19-,20-,21-,22-,23+,24+,26+,27-,30+;17-,19-,20-,21+,22+,23+,24+,26+,29+;11-,13?,14-,15-,16-,17-,18+,19+,20-,21+,22-,24+/m1111/s1. The molecule has 0 aromatic heterocycles. The summed E-state index contributed by atoms with van der Waals surface area (Å²) < 4.78 is 94.2. The molecule has 16 aliphatic rings. The van der Waals surface area contributed by atoms with Crippen molar-refractivity contribution in [2.75, 3.05) is 28.4 Å². The lowest BCUT2D eigenvalue weighted by Gasteiger charge is -2.48. The third kappa shape index (κ3) is 19.8. The summed E-state index contributed by atoms with van der Waals surface area (Å²) in [5, 5.41) is 63.0. The number of carbonyl (C=O) groups excluding carboxylic acids is 6. The van der Waals surface area contributed by atoms with Crippen molar-refractivity contribution in [1.29, 1.82) is 15.8 Å². The number of hydrogen-bond acceptors (Lipinski definition) is 27. The molecule has 0 radical (unpaired) electrons. The van der Waals surface area contributed by atoms with E-state index in [0.29, 0.717) is 25.7 Å². The molecule has 3 saturated carbocycles. The number of Topliss-reactive ketones (excluding diaryl/α,β-unsaturated/α-hetero) is 2.